The molecule has 0 aromatic carbocycles. The summed E-state index contributed by atoms with van der Waals surface area (Å²) < 4.78 is 5.52. The number of ketones is 2. The lowest BCUT2D eigenvalue weighted by atomic mass is 9.44. The standard InChI is InChI=1S/C23H33BrO4/c1-12(25)17-7-8-18-16-6-5-14-11-15(28-13(2)26)9-10-22(14,3)19(16)20(27)21(24)23(17,18)4/h14-19,21H,5-11H2,1-4H3/t14-,15+,16+,17-,18+,19-,21+,22+,23-/m1/s1. The lowest BCUT2D eigenvalue weighted by Crippen LogP contribution is -2.62. The van der Waals surface area contributed by atoms with Crippen molar-refractivity contribution in [3.63, 3.8) is 0 Å². The second kappa shape index (κ2) is 6.92. The minimum Gasteiger partial charge on any atom is -0.463 e. The molecule has 0 saturated heterocycles. The summed E-state index contributed by atoms with van der Waals surface area (Å²) in [6.45, 7) is 7.69. The van der Waals surface area contributed by atoms with Crippen LogP contribution in [-0.2, 0) is 19.1 Å². The summed E-state index contributed by atoms with van der Waals surface area (Å²) in [7, 11) is 0. The zero-order valence-electron chi connectivity index (χ0n) is 17.5. The third-order valence-corrected chi connectivity index (χ3v) is 10.7. The minimum atomic E-state index is -0.248. The summed E-state index contributed by atoms with van der Waals surface area (Å²) in [5.41, 5.74) is -0.263. The van der Waals surface area contributed by atoms with Crippen LogP contribution in [0.15, 0.2) is 0 Å². The van der Waals surface area contributed by atoms with Crippen molar-refractivity contribution in [1.82, 2.24) is 0 Å². The Morgan fingerprint density at radius 3 is 2.43 bits per heavy atom. The number of carbonyl (C=O) groups is 3. The maximum Gasteiger partial charge on any atom is 0.302 e. The summed E-state index contributed by atoms with van der Waals surface area (Å²) in [5.74, 6) is 1.70. The molecule has 4 rings (SSSR count). The molecule has 4 aliphatic carbocycles. The first kappa shape index (κ1) is 20.6. The molecule has 4 nitrogen and oxygen atoms in total. The van der Waals surface area contributed by atoms with E-state index < -0.39 is 0 Å². The van der Waals surface area contributed by atoms with Gasteiger partial charge >= 0.3 is 5.97 Å². The molecule has 4 aliphatic rings. The number of hydrogen-bond acceptors (Lipinski definition) is 4. The zero-order chi connectivity index (χ0) is 20.4. The third kappa shape index (κ3) is 2.78. The molecule has 156 valence electrons. The first-order chi connectivity index (χ1) is 13.1. The maximum absolute atomic E-state index is 13.8. The van der Waals surface area contributed by atoms with E-state index in [1.165, 1.54) is 6.92 Å². The number of alkyl halides is 1. The van der Waals surface area contributed by atoms with Gasteiger partial charge in [-0.15, -0.1) is 0 Å². The highest BCUT2D eigenvalue weighted by atomic mass is 79.9. The van der Waals surface area contributed by atoms with E-state index in [4.69, 9.17) is 4.74 Å². The highest BCUT2D eigenvalue weighted by Crippen LogP contribution is 2.67. The van der Waals surface area contributed by atoms with Crippen LogP contribution in [0.4, 0.5) is 0 Å². The number of halogens is 1. The largest absolute Gasteiger partial charge is 0.463 e. The van der Waals surface area contributed by atoms with Gasteiger partial charge in [-0.3, -0.25) is 14.4 Å². The molecule has 28 heavy (non-hydrogen) atoms. The normalized spacial score (nSPS) is 50.3. The first-order valence-electron chi connectivity index (χ1n) is 11.0. The second-order valence-electron chi connectivity index (χ2n) is 10.4. The summed E-state index contributed by atoms with van der Waals surface area (Å²) in [4.78, 5) is 37.3. The quantitative estimate of drug-likeness (QED) is 0.449. The molecule has 0 amide bonds. The Hall–Kier alpha value is -0.710. The minimum absolute atomic E-state index is 0.00277. The van der Waals surface area contributed by atoms with Crippen molar-refractivity contribution < 1.29 is 19.1 Å². The van der Waals surface area contributed by atoms with Crippen molar-refractivity contribution in [2.75, 3.05) is 0 Å². The predicted octanol–water partition coefficient (Wildman–Crippen LogP) is 4.72. The third-order valence-electron chi connectivity index (χ3n) is 9.23. The average Bonchev–Trinajstić information content (AvgIpc) is 2.97. The van der Waals surface area contributed by atoms with Crippen molar-refractivity contribution in [1.29, 1.82) is 0 Å². The van der Waals surface area contributed by atoms with E-state index >= 15 is 0 Å². The lowest BCUT2D eigenvalue weighted by Gasteiger charge is -2.61. The fourth-order valence-electron chi connectivity index (χ4n) is 7.97. The van der Waals surface area contributed by atoms with E-state index in [2.05, 4.69) is 29.8 Å². The Morgan fingerprint density at radius 2 is 1.79 bits per heavy atom. The van der Waals surface area contributed by atoms with Crippen molar-refractivity contribution >= 4 is 33.5 Å². The van der Waals surface area contributed by atoms with Crippen LogP contribution in [-0.4, -0.2) is 28.5 Å². The Labute approximate surface area is 176 Å². The van der Waals surface area contributed by atoms with Gasteiger partial charge in [-0.05, 0) is 80.5 Å². The molecule has 0 N–H and O–H groups in total. The summed E-state index contributed by atoms with van der Waals surface area (Å²) >= 11 is 3.80. The number of hydrogen-bond donors (Lipinski definition) is 0. The molecule has 9 atom stereocenters. The van der Waals surface area contributed by atoms with E-state index in [-0.39, 0.29) is 45.3 Å². The van der Waals surface area contributed by atoms with Crippen molar-refractivity contribution in [2.45, 2.75) is 83.6 Å². The first-order valence-corrected chi connectivity index (χ1v) is 11.9. The smallest absolute Gasteiger partial charge is 0.302 e. The topological polar surface area (TPSA) is 60.4 Å². The van der Waals surface area contributed by atoms with Gasteiger partial charge in [0.25, 0.3) is 0 Å². The van der Waals surface area contributed by atoms with Crippen molar-refractivity contribution in [3.8, 4) is 0 Å². The highest BCUT2D eigenvalue weighted by Gasteiger charge is 2.67. The fourth-order valence-corrected chi connectivity index (χ4v) is 8.91. The highest BCUT2D eigenvalue weighted by molar-refractivity contribution is 9.10. The van der Waals surface area contributed by atoms with Crippen LogP contribution in [0.3, 0.4) is 0 Å². The molecule has 5 heteroatoms. The fraction of sp³-hybridized carbons (Fsp3) is 0.870. The van der Waals surface area contributed by atoms with Crippen LogP contribution < -0.4 is 0 Å². The van der Waals surface area contributed by atoms with E-state index in [1.807, 2.05) is 0 Å². The van der Waals surface area contributed by atoms with Gasteiger partial charge in [-0.1, -0.05) is 29.8 Å². The molecule has 0 aromatic rings. The second-order valence-corrected chi connectivity index (χ2v) is 11.3. The maximum atomic E-state index is 13.8. The lowest BCUT2D eigenvalue weighted by molar-refractivity contribution is -0.168. The molecule has 0 bridgehead atoms. The predicted molar refractivity (Wildman–Crippen MR) is 110 cm³/mol. The van der Waals surface area contributed by atoms with Crippen LogP contribution >= 0.6 is 15.9 Å². The Balaban J connectivity index is 1.64. The van der Waals surface area contributed by atoms with E-state index in [9.17, 15) is 14.4 Å². The van der Waals surface area contributed by atoms with Gasteiger partial charge in [0.05, 0.1) is 4.83 Å². The Morgan fingerprint density at radius 1 is 1.07 bits per heavy atom. The van der Waals surface area contributed by atoms with Gasteiger partial charge in [0.15, 0.2) is 5.78 Å². The van der Waals surface area contributed by atoms with E-state index in [1.54, 1.807) is 6.92 Å². The van der Waals surface area contributed by atoms with Crippen LogP contribution in [0.2, 0.25) is 0 Å². The van der Waals surface area contributed by atoms with Gasteiger partial charge in [-0.2, -0.15) is 0 Å². The summed E-state index contributed by atoms with van der Waals surface area (Å²) in [6.07, 6.45) is 6.84. The van der Waals surface area contributed by atoms with Crippen molar-refractivity contribution in [3.05, 3.63) is 0 Å². The van der Waals surface area contributed by atoms with Crippen molar-refractivity contribution in [2.24, 2.45) is 40.4 Å². The monoisotopic (exact) mass is 452 g/mol. The number of rotatable bonds is 2. The Bertz CT molecular complexity index is 705. The van der Waals surface area contributed by atoms with E-state index in [0.29, 0.717) is 23.5 Å². The SMILES string of the molecule is CC(=O)O[C@H]1CC[C@@]2(C)[C@H](CC[C@@H]3[C@@H]2C(=O)[C@H](Br)[C@]2(C)[C@@H](C(C)=O)CC[C@@H]32)C1. The molecule has 0 unspecified atom stereocenters. The average molecular weight is 453 g/mol. The van der Waals surface area contributed by atoms with Gasteiger partial charge in [-0.25, -0.2) is 0 Å². The molecule has 4 fully saturated rings. The number of Topliss-reactive ketones (excluding diaryl/α,β-unsaturated/α-hetero) is 2. The van der Waals surface area contributed by atoms with Gasteiger partial charge in [0, 0.05) is 18.8 Å². The molecule has 0 heterocycles. The summed E-state index contributed by atoms with van der Waals surface area (Å²) in [5, 5.41) is 0. The molecule has 0 radical (unpaired) electrons. The number of esters is 1. The molecule has 4 saturated carbocycles. The van der Waals surface area contributed by atoms with Crippen LogP contribution in [0.25, 0.3) is 0 Å². The molecule has 0 spiro atoms. The molecule has 0 aliphatic heterocycles. The van der Waals surface area contributed by atoms with Gasteiger partial charge in [0.2, 0.25) is 0 Å². The number of carbonyl (C=O) groups excluding carboxylic acids is 3. The zero-order valence-corrected chi connectivity index (χ0v) is 19.1. The van der Waals surface area contributed by atoms with Gasteiger partial charge < -0.3 is 4.74 Å². The molecular formula is C23H33BrO4. The van der Waals surface area contributed by atoms with Crippen LogP contribution in [0.1, 0.15) is 72.6 Å². The van der Waals surface area contributed by atoms with Gasteiger partial charge in [0.1, 0.15) is 11.9 Å². The van der Waals surface area contributed by atoms with E-state index in [0.717, 1.165) is 44.9 Å². The molecule has 0 aromatic heterocycles. The molecular weight excluding hydrogens is 420 g/mol. The number of fused-ring (bicyclic) bond motifs is 5. The Kier molecular flexibility index (Phi) is 5.08. The van der Waals surface area contributed by atoms with Crippen LogP contribution in [0.5, 0.6) is 0 Å². The summed E-state index contributed by atoms with van der Waals surface area (Å²) in [6, 6.07) is 0. The number of ether oxygens (including phenoxy) is 1. The van der Waals surface area contributed by atoms with Crippen LogP contribution in [0, 0.1) is 40.4 Å².